The van der Waals surface area contributed by atoms with Gasteiger partial charge in [0.2, 0.25) is 11.8 Å². The Labute approximate surface area is 114 Å². The third kappa shape index (κ3) is 5.25. The second-order valence-corrected chi connectivity index (χ2v) is 5.64. The van der Waals surface area contributed by atoms with Gasteiger partial charge in [-0.15, -0.1) is 11.6 Å². The molecule has 1 saturated heterocycles. The summed E-state index contributed by atoms with van der Waals surface area (Å²) in [5.41, 5.74) is 0. The first-order valence-electron chi connectivity index (χ1n) is 6.66. The summed E-state index contributed by atoms with van der Waals surface area (Å²) in [7, 11) is 0. The number of alkyl halides is 1. The fourth-order valence-electron chi connectivity index (χ4n) is 2.17. The van der Waals surface area contributed by atoms with Gasteiger partial charge in [-0.05, 0) is 18.8 Å². The van der Waals surface area contributed by atoms with Gasteiger partial charge >= 0.3 is 0 Å². The number of nitrogens with zero attached hydrogens (tertiary/aromatic N) is 1. The van der Waals surface area contributed by atoms with E-state index in [1.807, 2.05) is 18.7 Å². The lowest BCUT2D eigenvalue weighted by atomic mass is 10.0. The molecule has 0 aliphatic carbocycles. The number of carbonyl (C=O) groups is 2. The van der Waals surface area contributed by atoms with Gasteiger partial charge in [0.05, 0.1) is 0 Å². The normalized spacial score (nSPS) is 17.0. The summed E-state index contributed by atoms with van der Waals surface area (Å²) < 4.78 is 0. The van der Waals surface area contributed by atoms with Crippen molar-refractivity contribution in [2.75, 3.05) is 19.0 Å². The Morgan fingerprint density at radius 3 is 2.44 bits per heavy atom. The molecule has 5 heteroatoms. The molecule has 2 amide bonds. The van der Waals surface area contributed by atoms with Crippen LogP contribution in [0.5, 0.6) is 0 Å². The van der Waals surface area contributed by atoms with E-state index in [0.29, 0.717) is 24.6 Å². The van der Waals surface area contributed by atoms with E-state index in [0.717, 1.165) is 25.9 Å². The predicted octanol–water partition coefficient (Wildman–Crippen LogP) is 1.77. The Hall–Kier alpha value is -0.770. The minimum absolute atomic E-state index is 0.121. The molecule has 0 atom stereocenters. The Morgan fingerprint density at radius 1 is 1.33 bits per heavy atom. The topological polar surface area (TPSA) is 49.4 Å². The molecule has 0 radical (unpaired) electrons. The lowest BCUT2D eigenvalue weighted by Crippen LogP contribution is -2.46. The molecule has 1 N–H and O–H groups in total. The second kappa shape index (κ2) is 7.62. The van der Waals surface area contributed by atoms with Crippen molar-refractivity contribution in [3.63, 3.8) is 0 Å². The van der Waals surface area contributed by atoms with E-state index in [1.54, 1.807) is 0 Å². The zero-order valence-electron chi connectivity index (χ0n) is 11.2. The Bertz CT molecular complexity index is 287. The van der Waals surface area contributed by atoms with Gasteiger partial charge in [0, 0.05) is 37.9 Å². The maximum atomic E-state index is 11.6. The van der Waals surface area contributed by atoms with Crippen LogP contribution in [0, 0.1) is 5.92 Å². The van der Waals surface area contributed by atoms with Crippen molar-refractivity contribution in [3.05, 3.63) is 0 Å². The molecule has 0 aromatic heterocycles. The maximum Gasteiger partial charge on any atom is 0.223 e. The molecule has 0 bridgehead atoms. The van der Waals surface area contributed by atoms with Crippen LogP contribution in [0.3, 0.4) is 0 Å². The second-order valence-electron chi connectivity index (χ2n) is 5.26. The summed E-state index contributed by atoms with van der Waals surface area (Å²) in [6.45, 7) is 5.52. The molecular formula is C13H23ClN2O2. The van der Waals surface area contributed by atoms with Crippen molar-refractivity contribution >= 4 is 23.4 Å². The van der Waals surface area contributed by atoms with Crippen molar-refractivity contribution in [1.29, 1.82) is 0 Å². The highest BCUT2D eigenvalue weighted by atomic mass is 35.5. The molecule has 0 aromatic carbocycles. The van der Waals surface area contributed by atoms with Crippen LogP contribution in [0.25, 0.3) is 0 Å². The van der Waals surface area contributed by atoms with Crippen molar-refractivity contribution < 1.29 is 9.59 Å². The Kier molecular flexibility index (Phi) is 6.47. The molecule has 0 saturated carbocycles. The highest BCUT2D eigenvalue weighted by Crippen LogP contribution is 2.12. The fraction of sp³-hybridized carbons (Fsp3) is 0.846. The first-order chi connectivity index (χ1) is 8.52. The molecule has 104 valence electrons. The summed E-state index contributed by atoms with van der Waals surface area (Å²) in [4.78, 5) is 25.1. The third-order valence-electron chi connectivity index (χ3n) is 3.11. The predicted molar refractivity (Wildman–Crippen MR) is 72.5 cm³/mol. The minimum Gasteiger partial charge on any atom is -0.353 e. The number of hydrogen-bond donors (Lipinski definition) is 1. The molecule has 0 aromatic rings. The van der Waals surface area contributed by atoms with Gasteiger partial charge in [-0.25, -0.2) is 0 Å². The van der Waals surface area contributed by atoms with E-state index in [9.17, 15) is 9.59 Å². The smallest absolute Gasteiger partial charge is 0.223 e. The number of nitrogens with one attached hydrogen (secondary N) is 1. The van der Waals surface area contributed by atoms with Gasteiger partial charge in [0.15, 0.2) is 0 Å². The summed E-state index contributed by atoms with van der Waals surface area (Å²) >= 11 is 5.56. The van der Waals surface area contributed by atoms with Gasteiger partial charge in [-0.1, -0.05) is 13.8 Å². The summed E-state index contributed by atoms with van der Waals surface area (Å²) in [6.07, 6.45) is 2.67. The van der Waals surface area contributed by atoms with Crippen molar-refractivity contribution in [1.82, 2.24) is 10.2 Å². The number of rotatable bonds is 5. The van der Waals surface area contributed by atoms with Crippen molar-refractivity contribution in [3.8, 4) is 0 Å². The van der Waals surface area contributed by atoms with Crippen molar-refractivity contribution in [2.24, 2.45) is 5.92 Å². The maximum absolute atomic E-state index is 11.6. The number of likely N-dealkylation sites (tertiary alicyclic amines) is 1. The van der Waals surface area contributed by atoms with Crippen LogP contribution in [-0.4, -0.2) is 41.7 Å². The number of carbonyl (C=O) groups excluding carboxylic acids is 2. The fourth-order valence-corrected chi connectivity index (χ4v) is 2.33. The zero-order valence-corrected chi connectivity index (χ0v) is 12.0. The first kappa shape index (κ1) is 15.3. The van der Waals surface area contributed by atoms with E-state index in [-0.39, 0.29) is 17.9 Å². The molecular weight excluding hydrogens is 252 g/mol. The molecule has 1 aliphatic rings. The van der Waals surface area contributed by atoms with E-state index in [1.165, 1.54) is 0 Å². The lowest BCUT2D eigenvalue weighted by molar-refractivity contribution is -0.132. The van der Waals surface area contributed by atoms with Crippen LogP contribution in [0.2, 0.25) is 0 Å². The van der Waals surface area contributed by atoms with Gasteiger partial charge in [-0.3, -0.25) is 9.59 Å². The van der Waals surface area contributed by atoms with Gasteiger partial charge < -0.3 is 10.2 Å². The van der Waals surface area contributed by atoms with Crippen LogP contribution in [0.4, 0.5) is 0 Å². The highest BCUT2D eigenvalue weighted by molar-refractivity contribution is 6.18. The first-order valence-corrected chi connectivity index (χ1v) is 7.19. The average molecular weight is 275 g/mol. The third-order valence-corrected chi connectivity index (χ3v) is 3.30. The van der Waals surface area contributed by atoms with Crippen molar-refractivity contribution in [2.45, 2.75) is 45.6 Å². The summed E-state index contributed by atoms with van der Waals surface area (Å²) in [6, 6.07) is 0.219. The molecule has 1 aliphatic heterocycles. The summed E-state index contributed by atoms with van der Waals surface area (Å²) in [5.74, 6) is 1.01. The molecule has 1 heterocycles. The molecule has 4 nitrogen and oxygen atoms in total. The van der Waals surface area contributed by atoms with Crippen LogP contribution < -0.4 is 5.32 Å². The van der Waals surface area contributed by atoms with Crippen LogP contribution in [-0.2, 0) is 9.59 Å². The zero-order chi connectivity index (χ0) is 13.5. The van der Waals surface area contributed by atoms with E-state index in [4.69, 9.17) is 11.6 Å². The number of piperidine rings is 1. The molecule has 1 fully saturated rings. The van der Waals surface area contributed by atoms with Gasteiger partial charge in [-0.2, -0.15) is 0 Å². The van der Waals surface area contributed by atoms with Gasteiger partial charge in [0.1, 0.15) is 0 Å². The summed E-state index contributed by atoms with van der Waals surface area (Å²) in [5, 5.41) is 3.04. The molecule has 1 rings (SSSR count). The highest BCUT2D eigenvalue weighted by Gasteiger charge is 2.23. The monoisotopic (exact) mass is 274 g/mol. The Morgan fingerprint density at radius 2 is 1.94 bits per heavy atom. The Balaban J connectivity index is 2.27. The SMILES string of the molecule is CC(C)CC(=O)NC1CCN(C(=O)CCCl)CC1. The van der Waals surface area contributed by atoms with E-state index >= 15 is 0 Å². The molecule has 18 heavy (non-hydrogen) atoms. The number of hydrogen-bond acceptors (Lipinski definition) is 2. The van der Waals surface area contributed by atoms with Crippen LogP contribution in [0.1, 0.15) is 39.5 Å². The van der Waals surface area contributed by atoms with Crippen LogP contribution >= 0.6 is 11.6 Å². The lowest BCUT2D eigenvalue weighted by Gasteiger charge is -2.32. The average Bonchev–Trinajstić information content (AvgIpc) is 2.29. The largest absolute Gasteiger partial charge is 0.353 e. The minimum atomic E-state index is 0.121. The van der Waals surface area contributed by atoms with Crippen LogP contribution in [0.15, 0.2) is 0 Å². The molecule has 0 unspecified atom stereocenters. The number of halogens is 1. The number of amides is 2. The van der Waals surface area contributed by atoms with Gasteiger partial charge in [0.25, 0.3) is 0 Å². The standard InChI is InChI=1S/C13H23ClN2O2/c1-10(2)9-12(17)15-11-4-7-16(8-5-11)13(18)3-6-14/h10-11H,3-9H2,1-2H3,(H,15,17). The quantitative estimate of drug-likeness (QED) is 0.777. The van der Waals surface area contributed by atoms with E-state index < -0.39 is 0 Å². The molecule has 0 spiro atoms. The van der Waals surface area contributed by atoms with E-state index in [2.05, 4.69) is 5.32 Å².